The van der Waals surface area contributed by atoms with Crippen LogP contribution >= 0.6 is 0 Å². The number of fused-ring (bicyclic) bond motifs is 3. The van der Waals surface area contributed by atoms with E-state index in [-0.39, 0.29) is 12.1 Å². The number of nitrogens with zero attached hydrogens (tertiary/aromatic N) is 4. The lowest BCUT2D eigenvalue weighted by molar-refractivity contribution is -0.212. The van der Waals surface area contributed by atoms with Crippen LogP contribution in [-0.2, 0) is 17.1 Å². The van der Waals surface area contributed by atoms with Gasteiger partial charge >= 0.3 is 0 Å². The smallest absolute Gasteiger partial charge is 0.290 e. The highest BCUT2D eigenvalue weighted by molar-refractivity contribution is 5.57. The van der Waals surface area contributed by atoms with Crippen molar-refractivity contribution in [3.8, 4) is 0 Å². The molecule has 174 valence electrons. The summed E-state index contributed by atoms with van der Waals surface area (Å²) in [5.41, 5.74) is 0.553. The number of piperidine rings is 2. The zero-order valence-corrected chi connectivity index (χ0v) is 19.2. The highest BCUT2D eigenvalue weighted by Gasteiger charge is 2.51. The summed E-state index contributed by atoms with van der Waals surface area (Å²) in [5.74, 6) is -1.59. The predicted molar refractivity (Wildman–Crippen MR) is 117 cm³/mol. The van der Waals surface area contributed by atoms with Crippen molar-refractivity contribution in [1.82, 2.24) is 9.97 Å². The molecule has 2 aliphatic carbocycles. The number of ether oxygens (including phenoxy) is 1. The monoisotopic (exact) mass is 438 g/mol. The molecule has 0 amide bonds. The number of rotatable bonds is 9. The molecule has 3 fully saturated rings. The third kappa shape index (κ3) is 4.25. The molecule has 5 rings (SSSR count). The van der Waals surface area contributed by atoms with E-state index >= 15 is 0 Å². The van der Waals surface area contributed by atoms with Crippen molar-refractivity contribution >= 4 is 11.8 Å². The molecule has 1 N–H and O–H groups in total. The van der Waals surface area contributed by atoms with E-state index in [0.29, 0.717) is 61.1 Å². The summed E-state index contributed by atoms with van der Waals surface area (Å²) in [6.07, 6.45) is 2.79. The molecule has 1 aromatic rings. The molecule has 0 aromatic carbocycles. The number of aliphatic hydroxyl groups is 1. The fourth-order valence-electron chi connectivity index (χ4n) is 5.77. The summed E-state index contributed by atoms with van der Waals surface area (Å²) < 4.78 is 34.8. The van der Waals surface area contributed by atoms with Crippen LogP contribution in [0, 0.1) is 17.8 Å². The normalized spacial score (nSPS) is 28.1. The van der Waals surface area contributed by atoms with Gasteiger partial charge in [0, 0.05) is 51.2 Å². The number of anilines is 2. The Morgan fingerprint density at radius 2 is 1.94 bits per heavy atom. The second-order valence-corrected chi connectivity index (χ2v) is 9.60. The van der Waals surface area contributed by atoms with Gasteiger partial charge in [-0.25, -0.2) is 4.98 Å². The van der Waals surface area contributed by atoms with E-state index in [9.17, 15) is 13.9 Å². The minimum atomic E-state index is -2.88. The summed E-state index contributed by atoms with van der Waals surface area (Å²) in [7, 11) is 0. The van der Waals surface area contributed by atoms with Crippen LogP contribution in [0.2, 0.25) is 0 Å². The Bertz CT molecular complexity index is 792. The maximum absolute atomic E-state index is 14.7. The zero-order chi connectivity index (χ0) is 22.4. The van der Waals surface area contributed by atoms with Crippen LogP contribution in [0.25, 0.3) is 0 Å². The summed E-state index contributed by atoms with van der Waals surface area (Å²) in [4.78, 5) is 13.4. The van der Waals surface area contributed by atoms with Crippen LogP contribution in [-0.4, -0.2) is 53.6 Å². The standard InChI is InChI=1S/C23H36F2N4O2/c1-5-10-28(6-2)21-26-19-17(8-9-23(19,24)25)20(27-21)29-13-15-11-16(14-29)18(15)12-22(4,30)31-7-3/h15-16,18,30H,5-14H2,1-4H3. The van der Waals surface area contributed by atoms with Gasteiger partial charge in [0.25, 0.3) is 5.92 Å². The van der Waals surface area contributed by atoms with E-state index in [1.165, 1.54) is 0 Å². The molecule has 0 spiro atoms. The third-order valence-electron chi connectivity index (χ3n) is 7.26. The first kappa shape index (κ1) is 22.6. The Morgan fingerprint density at radius 1 is 1.23 bits per heavy atom. The second kappa shape index (κ2) is 8.43. The predicted octanol–water partition coefficient (Wildman–Crippen LogP) is 3.96. The van der Waals surface area contributed by atoms with Crippen LogP contribution in [0.5, 0.6) is 0 Å². The highest BCUT2D eigenvalue weighted by atomic mass is 19.3. The Balaban J connectivity index is 1.59. The van der Waals surface area contributed by atoms with Gasteiger partial charge in [-0.15, -0.1) is 0 Å². The Morgan fingerprint density at radius 3 is 2.55 bits per heavy atom. The first-order chi connectivity index (χ1) is 14.7. The topological polar surface area (TPSA) is 61.7 Å². The van der Waals surface area contributed by atoms with Crippen molar-refractivity contribution in [2.45, 2.75) is 71.5 Å². The SMILES string of the molecule is CCCN(CC)c1nc(N2CC3CC(C2)C3CC(C)(O)OCC)c2c(n1)C(F)(F)CC2. The molecule has 2 bridgehead atoms. The van der Waals surface area contributed by atoms with Crippen LogP contribution in [0.1, 0.15) is 64.6 Å². The number of hydrogen-bond donors (Lipinski definition) is 1. The van der Waals surface area contributed by atoms with Crippen LogP contribution in [0.15, 0.2) is 0 Å². The number of hydrogen-bond acceptors (Lipinski definition) is 6. The van der Waals surface area contributed by atoms with Gasteiger partial charge < -0.3 is 19.6 Å². The van der Waals surface area contributed by atoms with Crippen molar-refractivity contribution in [3.05, 3.63) is 11.3 Å². The van der Waals surface area contributed by atoms with E-state index in [1.807, 2.05) is 18.7 Å². The van der Waals surface area contributed by atoms with E-state index in [1.54, 1.807) is 6.92 Å². The van der Waals surface area contributed by atoms with Crippen LogP contribution < -0.4 is 9.80 Å². The molecule has 3 atom stereocenters. The fraction of sp³-hybridized carbons (Fsp3) is 0.826. The lowest BCUT2D eigenvalue weighted by atomic mass is 9.59. The molecule has 3 heterocycles. The summed E-state index contributed by atoms with van der Waals surface area (Å²) in [5, 5.41) is 10.5. The van der Waals surface area contributed by atoms with Crippen molar-refractivity contribution in [3.63, 3.8) is 0 Å². The van der Waals surface area contributed by atoms with Crippen molar-refractivity contribution in [1.29, 1.82) is 0 Å². The van der Waals surface area contributed by atoms with E-state index in [4.69, 9.17) is 9.72 Å². The molecule has 1 aromatic heterocycles. The maximum atomic E-state index is 14.7. The van der Waals surface area contributed by atoms with Crippen molar-refractivity contribution in [2.75, 3.05) is 42.6 Å². The van der Waals surface area contributed by atoms with Crippen LogP contribution in [0.4, 0.5) is 20.5 Å². The van der Waals surface area contributed by atoms with Gasteiger partial charge in [-0.05, 0) is 57.8 Å². The fourth-order valence-corrected chi connectivity index (χ4v) is 5.77. The minimum absolute atomic E-state index is 0.0721. The molecule has 6 nitrogen and oxygen atoms in total. The highest BCUT2D eigenvalue weighted by Crippen LogP contribution is 2.51. The summed E-state index contributed by atoms with van der Waals surface area (Å²) in [6, 6.07) is 0. The lowest BCUT2D eigenvalue weighted by Crippen LogP contribution is -2.57. The summed E-state index contributed by atoms with van der Waals surface area (Å²) in [6.45, 7) is 11.2. The largest absolute Gasteiger partial charge is 0.366 e. The quantitative estimate of drug-likeness (QED) is 0.589. The maximum Gasteiger partial charge on any atom is 0.290 e. The average Bonchev–Trinajstić information content (AvgIpc) is 3.04. The van der Waals surface area contributed by atoms with Gasteiger partial charge in [0.15, 0.2) is 5.79 Å². The van der Waals surface area contributed by atoms with Gasteiger partial charge in [-0.3, -0.25) is 0 Å². The number of halogens is 2. The molecule has 31 heavy (non-hydrogen) atoms. The molecular weight excluding hydrogens is 402 g/mol. The molecule has 2 aliphatic heterocycles. The molecule has 3 unspecified atom stereocenters. The van der Waals surface area contributed by atoms with Crippen molar-refractivity contribution < 1.29 is 18.6 Å². The lowest BCUT2D eigenvalue weighted by Gasteiger charge is -2.55. The zero-order valence-electron chi connectivity index (χ0n) is 19.2. The van der Waals surface area contributed by atoms with E-state index < -0.39 is 11.7 Å². The van der Waals surface area contributed by atoms with Crippen LogP contribution in [0.3, 0.4) is 0 Å². The molecule has 8 heteroatoms. The van der Waals surface area contributed by atoms with E-state index in [0.717, 1.165) is 32.5 Å². The molecule has 4 aliphatic rings. The minimum Gasteiger partial charge on any atom is -0.366 e. The second-order valence-electron chi connectivity index (χ2n) is 9.60. The molecular formula is C23H36F2N4O2. The average molecular weight is 439 g/mol. The Kier molecular flexibility index (Phi) is 6.16. The number of alkyl halides is 2. The number of aromatic nitrogens is 2. The summed E-state index contributed by atoms with van der Waals surface area (Å²) >= 11 is 0. The molecule has 2 saturated heterocycles. The van der Waals surface area contributed by atoms with Gasteiger partial charge in [0.1, 0.15) is 11.5 Å². The molecule has 0 radical (unpaired) electrons. The third-order valence-corrected chi connectivity index (χ3v) is 7.26. The molecule has 1 saturated carbocycles. The first-order valence-electron chi connectivity index (χ1n) is 11.8. The van der Waals surface area contributed by atoms with Gasteiger partial charge in [0.2, 0.25) is 5.95 Å². The van der Waals surface area contributed by atoms with Gasteiger partial charge in [0.05, 0.1) is 0 Å². The first-order valence-corrected chi connectivity index (χ1v) is 11.8. The Labute approximate surface area is 184 Å². The van der Waals surface area contributed by atoms with E-state index in [2.05, 4.69) is 16.8 Å². The Hall–Kier alpha value is -1.54. The van der Waals surface area contributed by atoms with Gasteiger partial charge in [-0.1, -0.05) is 6.92 Å². The van der Waals surface area contributed by atoms with Crippen molar-refractivity contribution in [2.24, 2.45) is 17.8 Å². The van der Waals surface area contributed by atoms with Gasteiger partial charge in [-0.2, -0.15) is 13.8 Å².